The Labute approximate surface area is 106 Å². The van der Waals surface area contributed by atoms with Crippen LogP contribution in [0.15, 0.2) is 48.5 Å². The molecule has 86 valence electrons. The predicted octanol–water partition coefficient (Wildman–Crippen LogP) is 3.61. The standard InChI is InChI=1S/C12H10O2.2ClH/c13-11-8-4-7-10(12(11)14)9-5-2-1-3-6-9;;/h1-8,13-14H;2*1H. The van der Waals surface area contributed by atoms with Crippen molar-refractivity contribution in [2.45, 2.75) is 0 Å². The fourth-order valence-electron chi connectivity index (χ4n) is 1.38. The molecule has 0 heterocycles. The molecule has 2 rings (SSSR count). The highest BCUT2D eigenvalue weighted by Gasteiger charge is 2.06. The molecule has 0 fully saturated rings. The van der Waals surface area contributed by atoms with Crippen LogP contribution in [0.1, 0.15) is 0 Å². The summed E-state index contributed by atoms with van der Waals surface area (Å²) in [6, 6.07) is 14.4. The van der Waals surface area contributed by atoms with Crippen molar-refractivity contribution in [3.63, 3.8) is 0 Å². The van der Waals surface area contributed by atoms with Crippen molar-refractivity contribution < 1.29 is 10.2 Å². The summed E-state index contributed by atoms with van der Waals surface area (Å²) in [5.74, 6) is -0.162. The van der Waals surface area contributed by atoms with Gasteiger partial charge in [0.05, 0.1) is 0 Å². The number of rotatable bonds is 1. The second-order valence-electron chi connectivity index (χ2n) is 3.04. The number of phenols is 2. The minimum absolute atomic E-state index is 0. The molecule has 16 heavy (non-hydrogen) atoms. The zero-order chi connectivity index (χ0) is 9.97. The molecule has 0 radical (unpaired) electrons. The largest absolute Gasteiger partial charge is 0.504 e. The molecule has 0 spiro atoms. The van der Waals surface area contributed by atoms with Gasteiger partial charge < -0.3 is 10.2 Å². The van der Waals surface area contributed by atoms with Crippen LogP contribution in [-0.4, -0.2) is 10.2 Å². The maximum Gasteiger partial charge on any atom is 0.165 e. The van der Waals surface area contributed by atoms with Gasteiger partial charge in [0, 0.05) is 5.56 Å². The Hall–Kier alpha value is -1.38. The van der Waals surface area contributed by atoms with Gasteiger partial charge in [-0.1, -0.05) is 42.5 Å². The highest BCUT2D eigenvalue weighted by molar-refractivity contribution is 5.85. The van der Waals surface area contributed by atoms with Crippen molar-refractivity contribution in [3.8, 4) is 22.6 Å². The molecule has 4 heteroatoms. The van der Waals surface area contributed by atoms with E-state index in [0.29, 0.717) is 5.56 Å². The average Bonchev–Trinajstić information content (AvgIpc) is 2.23. The van der Waals surface area contributed by atoms with Crippen LogP contribution in [0.5, 0.6) is 11.5 Å². The second kappa shape index (κ2) is 6.26. The van der Waals surface area contributed by atoms with E-state index in [-0.39, 0.29) is 36.3 Å². The van der Waals surface area contributed by atoms with E-state index in [1.54, 1.807) is 12.1 Å². The van der Waals surface area contributed by atoms with Crippen LogP contribution in [0.2, 0.25) is 0 Å². The van der Waals surface area contributed by atoms with Gasteiger partial charge in [0.1, 0.15) is 0 Å². The Bertz CT molecular complexity index is 444. The minimum Gasteiger partial charge on any atom is -0.504 e. The van der Waals surface area contributed by atoms with Gasteiger partial charge >= 0.3 is 0 Å². The summed E-state index contributed by atoms with van der Waals surface area (Å²) in [4.78, 5) is 0. The van der Waals surface area contributed by atoms with Gasteiger partial charge in [0.15, 0.2) is 11.5 Å². The molecule has 2 N–H and O–H groups in total. The third-order valence-electron chi connectivity index (χ3n) is 2.10. The van der Waals surface area contributed by atoms with E-state index in [0.717, 1.165) is 5.56 Å². The van der Waals surface area contributed by atoms with Crippen molar-refractivity contribution in [3.05, 3.63) is 48.5 Å². The molecule has 0 saturated carbocycles. The maximum atomic E-state index is 9.60. The van der Waals surface area contributed by atoms with Crippen molar-refractivity contribution in [2.24, 2.45) is 0 Å². The molecule has 0 bridgehead atoms. The van der Waals surface area contributed by atoms with Crippen LogP contribution in [0.3, 0.4) is 0 Å². The Balaban J connectivity index is 0.00000112. The zero-order valence-corrected chi connectivity index (χ0v) is 9.96. The third kappa shape index (κ3) is 2.81. The number of para-hydroxylation sites is 1. The molecule has 2 nitrogen and oxygen atoms in total. The van der Waals surface area contributed by atoms with Gasteiger partial charge in [-0.15, -0.1) is 24.8 Å². The molecule has 2 aromatic carbocycles. The van der Waals surface area contributed by atoms with E-state index in [1.807, 2.05) is 30.3 Å². The van der Waals surface area contributed by atoms with Gasteiger partial charge in [-0.05, 0) is 11.6 Å². The summed E-state index contributed by atoms with van der Waals surface area (Å²) < 4.78 is 0. The van der Waals surface area contributed by atoms with Crippen LogP contribution in [-0.2, 0) is 0 Å². The first-order chi connectivity index (χ1) is 6.79. The third-order valence-corrected chi connectivity index (χ3v) is 2.10. The lowest BCUT2D eigenvalue weighted by Crippen LogP contribution is -1.78. The van der Waals surface area contributed by atoms with Crippen molar-refractivity contribution in [2.75, 3.05) is 0 Å². The van der Waals surface area contributed by atoms with E-state index in [1.165, 1.54) is 6.07 Å². The van der Waals surface area contributed by atoms with Crippen molar-refractivity contribution >= 4 is 24.8 Å². The molecular weight excluding hydrogens is 247 g/mol. The molecule has 0 unspecified atom stereocenters. The molecule has 0 aliphatic rings. The number of hydrogen-bond donors (Lipinski definition) is 2. The summed E-state index contributed by atoms with van der Waals surface area (Å²) in [6.45, 7) is 0. The molecule has 0 aliphatic carbocycles. The van der Waals surface area contributed by atoms with E-state index in [2.05, 4.69) is 0 Å². The fourth-order valence-corrected chi connectivity index (χ4v) is 1.38. The normalized spacial score (nSPS) is 8.75. The van der Waals surface area contributed by atoms with Gasteiger partial charge in [-0.3, -0.25) is 0 Å². The first-order valence-corrected chi connectivity index (χ1v) is 4.35. The number of phenolic OH excluding ortho intramolecular Hbond substituents is 2. The summed E-state index contributed by atoms with van der Waals surface area (Å²) in [7, 11) is 0. The summed E-state index contributed by atoms with van der Waals surface area (Å²) in [5.41, 5.74) is 1.53. The van der Waals surface area contributed by atoms with E-state index < -0.39 is 0 Å². The number of aromatic hydroxyl groups is 2. The molecule has 2 aromatic rings. The van der Waals surface area contributed by atoms with Crippen LogP contribution in [0.25, 0.3) is 11.1 Å². The lowest BCUT2D eigenvalue weighted by molar-refractivity contribution is 0.405. The first-order valence-electron chi connectivity index (χ1n) is 4.35. The minimum atomic E-state index is -0.0913. The lowest BCUT2D eigenvalue weighted by atomic mass is 10.0. The average molecular weight is 259 g/mol. The zero-order valence-electron chi connectivity index (χ0n) is 8.33. The summed E-state index contributed by atoms with van der Waals surface area (Å²) in [6.07, 6.45) is 0. The predicted molar refractivity (Wildman–Crippen MR) is 69.7 cm³/mol. The van der Waals surface area contributed by atoms with Crippen molar-refractivity contribution in [1.82, 2.24) is 0 Å². The molecular formula is C12H12Cl2O2. The maximum absolute atomic E-state index is 9.60. The first kappa shape index (κ1) is 14.6. The number of halogens is 2. The Morgan fingerprint density at radius 2 is 1.31 bits per heavy atom. The second-order valence-corrected chi connectivity index (χ2v) is 3.04. The van der Waals surface area contributed by atoms with Gasteiger partial charge in [0.25, 0.3) is 0 Å². The molecule has 0 amide bonds. The molecule has 0 atom stereocenters. The Morgan fingerprint density at radius 1 is 0.688 bits per heavy atom. The Kier molecular flexibility index (Phi) is 5.72. The van der Waals surface area contributed by atoms with E-state index in [4.69, 9.17) is 0 Å². The molecule has 0 aromatic heterocycles. The van der Waals surface area contributed by atoms with Crippen LogP contribution < -0.4 is 0 Å². The summed E-state index contributed by atoms with van der Waals surface area (Å²) >= 11 is 0. The topological polar surface area (TPSA) is 40.5 Å². The van der Waals surface area contributed by atoms with Gasteiger partial charge in [0.2, 0.25) is 0 Å². The summed E-state index contributed by atoms with van der Waals surface area (Å²) in [5, 5.41) is 18.9. The highest BCUT2D eigenvalue weighted by atomic mass is 35.5. The molecule has 0 aliphatic heterocycles. The Morgan fingerprint density at radius 3 is 1.94 bits per heavy atom. The number of hydrogen-bond acceptors (Lipinski definition) is 2. The quantitative estimate of drug-likeness (QED) is 0.768. The smallest absolute Gasteiger partial charge is 0.165 e. The highest BCUT2D eigenvalue weighted by Crippen LogP contribution is 2.35. The monoisotopic (exact) mass is 258 g/mol. The molecule has 0 saturated heterocycles. The van der Waals surface area contributed by atoms with Crippen LogP contribution >= 0.6 is 24.8 Å². The SMILES string of the molecule is Cl.Cl.Oc1cccc(-c2ccccc2)c1O. The lowest BCUT2D eigenvalue weighted by Gasteiger charge is -2.05. The fraction of sp³-hybridized carbons (Fsp3) is 0. The van der Waals surface area contributed by atoms with E-state index >= 15 is 0 Å². The van der Waals surface area contributed by atoms with Crippen LogP contribution in [0, 0.1) is 0 Å². The number of benzene rings is 2. The van der Waals surface area contributed by atoms with E-state index in [9.17, 15) is 10.2 Å². The van der Waals surface area contributed by atoms with Gasteiger partial charge in [-0.25, -0.2) is 0 Å². The van der Waals surface area contributed by atoms with Crippen LogP contribution in [0.4, 0.5) is 0 Å². The van der Waals surface area contributed by atoms with Gasteiger partial charge in [-0.2, -0.15) is 0 Å². The van der Waals surface area contributed by atoms with Crippen molar-refractivity contribution in [1.29, 1.82) is 0 Å².